The lowest BCUT2D eigenvalue weighted by Crippen LogP contribution is -2.25. The van der Waals surface area contributed by atoms with Crippen LogP contribution in [0, 0.1) is 6.92 Å². The van der Waals surface area contributed by atoms with E-state index in [1.807, 2.05) is 11.5 Å². The highest BCUT2D eigenvalue weighted by atomic mass is 35.5. The molecule has 1 aliphatic heterocycles. The maximum absolute atomic E-state index is 11.0. The van der Waals surface area contributed by atoms with Crippen LogP contribution in [-0.4, -0.2) is 22.2 Å². The van der Waals surface area contributed by atoms with E-state index < -0.39 is 5.97 Å². The molecule has 2 aromatic rings. The summed E-state index contributed by atoms with van der Waals surface area (Å²) in [5, 5.41) is 13.6. The van der Waals surface area contributed by atoms with Gasteiger partial charge in [-0.1, -0.05) is 12.1 Å². The molecule has 0 saturated heterocycles. The second-order valence-corrected chi connectivity index (χ2v) is 4.85. The van der Waals surface area contributed by atoms with Crippen LogP contribution in [0.25, 0.3) is 10.9 Å². The molecule has 0 amide bonds. The number of nitrogens with zero attached hydrogens (tertiary/aromatic N) is 1. The lowest BCUT2D eigenvalue weighted by Gasteiger charge is -2.16. The van der Waals surface area contributed by atoms with E-state index in [1.165, 1.54) is 16.6 Å². The van der Waals surface area contributed by atoms with Gasteiger partial charge in [0.15, 0.2) is 0 Å². The first-order valence-electron chi connectivity index (χ1n) is 6.20. The third-order valence-electron chi connectivity index (χ3n) is 3.58. The van der Waals surface area contributed by atoms with Crippen molar-refractivity contribution < 1.29 is 9.90 Å². The van der Waals surface area contributed by atoms with E-state index in [1.54, 1.807) is 0 Å². The number of aryl methyl sites for hydroxylation is 1. The van der Waals surface area contributed by atoms with Crippen molar-refractivity contribution in [3.05, 3.63) is 35.0 Å². The van der Waals surface area contributed by atoms with Crippen molar-refractivity contribution in [3.8, 4) is 0 Å². The van der Waals surface area contributed by atoms with Gasteiger partial charge in [-0.15, -0.1) is 12.4 Å². The fourth-order valence-electron chi connectivity index (χ4n) is 2.80. The molecule has 0 fully saturated rings. The third kappa shape index (κ3) is 2.33. The Labute approximate surface area is 117 Å². The number of carboxylic acid groups (broad SMARTS) is 1. The van der Waals surface area contributed by atoms with Gasteiger partial charge in [0.05, 0.1) is 0 Å². The van der Waals surface area contributed by atoms with Gasteiger partial charge >= 0.3 is 5.97 Å². The minimum atomic E-state index is -0.783. The van der Waals surface area contributed by atoms with Gasteiger partial charge in [-0.2, -0.15) is 0 Å². The predicted molar refractivity (Wildman–Crippen MR) is 77.0 cm³/mol. The molecule has 1 aliphatic rings. The Morgan fingerprint density at radius 2 is 2.26 bits per heavy atom. The Hall–Kier alpha value is -1.52. The molecule has 1 aromatic carbocycles. The monoisotopic (exact) mass is 280 g/mol. The van der Waals surface area contributed by atoms with Gasteiger partial charge in [0.1, 0.15) is 6.54 Å². The zero-order valence-electron chi connectivity index (χ0n) is 10.8. The highest BCUT2D eigenvalue weighted by Crippen LogP contribution is 2.29. The van der Waals surface area contributed by atoms with Gasteiger partial charge in [-0.3, -0.25) is 4.79 Å². The topological polar surface area (TPSA) is 54.3 Å². The van der Waals surface area contributed by atoms with Crippen molar-refractivity contribution in [2.45, 2.75) is 26.4 Å². The Balaban J connectivity index is 0.00000133. The molecule has 4 nitrogen and oxygen atoms in total. The Kier molecular flexibility index (Phi) is 3.83. The SMILES string of the molecule is Cc1ccc2c3c(n(CC(=O)O)c2c1)CCNC3.Cl. The van der Waals surface area contributed by atoms with Gasteiger partial charge in [0.25, 0.3) is 0 Å². The van der Waals surface area contributed by atoms with Crippen LogP contribution in [0.3, 0.4) is 0 Å². The standard InChI is InChI=1S/C14H16N2O2.ClH/c1-9-2-3-10-11-7-15-5-4-12(11)16(8-14(17)18)13(10)6-9;/h2-3,6,15H,4-5,7-8H2,1H3,(H,17,18);1H. The zero-order valence-corrected chi connectivity index (χ0v) is 11.6. The number of carbonyl (C=O) groups is 1. The van der Waals surface area contributed by atoms with Gasteiger partial charge < -0.3 is 15.0 Å². The Morgan fingerprint density at radius 3 is 3.00 bits per heavy atom. The molecular formula is C14H17ClN2O2. The molecule has 3 rings (SSSR count). The van der Waals surface area contributed by atoms with Crippen LogP contribution in [0.15, 0.2) is 18.2 Å². The van der Waals surface area contributed by atoms with Crippen LogP contribution >= 0.6 is 12.4 Å². The highest BCUT2D eigenvalue weighted by Gasteiger charge is 2.20. The van der Waals surface area contributed by atoms with Gasteiger partial charge in [-0.25, -0.2) is 0 Å². The number of benzene rings is 1. The van der Waals surface area contributed by atoms with Crippen LogP contribution < -0.4 is 5.32 Å². The van der Waals surface area contributed by atoms with E-state index >= 15 is 0 Å². The first kappa shape index (κ1) is 13.9. The van der Waals surface area contributed by atoms with Crippen molar-refractivity contribution in [2.75, 3.05) is 6.54 Å². The van der Waals surface area contributed by atoms with E-state index in [0.29, 0.717) is 0 Å². The van der Waals surface area contributed by atoms with Crippen molar-refractivity contribution in [2.24, 2.45) is 0 Å². The number of rotatable bonds is 2. The minimum Gasteiger partial charge on any atom is -0.480 e. The Bertz CT molecular complexity index is 634. The maximum atomic E-state index is 11.0. The lowest BCUT2D eigenvalue weighted by molar-refractivity contribution is -0.137. The third-order valence-corrected chi connectivity index (χ3v) is 3.58. The molecular weight excluding hydrogens is 264 g/mol. The quantitative estimate of drug-likeness (QED) is 0.886. The number of aliphatic carboxylic acids is 1. The molecule has 0 spiro atoms. The molecule has 2 N–H and O–H groups in total. The highest BCUT2D eigenvalue weighted by molar-refractivity contribution is 5.87. The fraction of sp³-hybridized carbons (Fsp3) is 0.357. The van der Waals surface area contributed by atoms with Crippen LogP contribution in [0.4, 0.5) is 0 Å². The van der Waals surface area contributed by atoms with E-state index in [2.05, 4.69) is 23.5 Å². The largest absolute Gasteiger partial charge is 0.480 e. The molecule has 5 heteroatoms. The maximum Gasteiger partial charge on any atom is 0.323 e. The molecule has 0 unspecified atom stereocenters. The van der Waals surface area contributed by atoms with Crippen molar-refractivity contribution in [1.82, 2.24) is 9.88 Å². The first-order valence-corrected chi connectivity index (χ1v) is 6.20. The average molecular weight is 281 g/mol. The molecule has 102 valence electrons. The number of hydrogen-bond donors (Lipinski definition) is 2. The summed E-state index contributed by atoms with van der Waals surface area (Å²) in [7, 11) is 0. The number of carboxylic acids is 1. The van der Waals surface area contributed by atoms with Gasteiger partial charge in [0, 0.05) is 36.1 Å². The minimum absolute atomic E-state index is 0. The molecule has 1 aromatic heterocycles. The van der Waals surface area contributed by atoms with Crippen molar-refractivity contribution in [1.29, 1.82) is 0 Å². The van der Waals surface area contributed by atoms with E-state index in [9.17, 15) is 4.79 Å². The van der Waals surface area contributed by atoms with E-state index in [0.717, 1.165) is 30.6 Å². The molecule has 0 saturated carbocycles. The predicted octanol–water partition coefficient (Wildman–Crippen LogP) is 2.10. The van der Waals surface area contributed by atoms with E-state index in [-0.39, 0.29) is 19.0 Å². The summed E-state index contributed by atoms with van der Waals surface area (Å²) < 4.78 is 1.96. The normalized spacial score (nSPS) is 13.9. The van der Waals surface area contributed by atoms with Crippen LogP contribution in [-0.2, 0) is 24.3 Å². The summed E-state index contributed by atoms with van der Waals surface area (Å²) in [5.41, 5.74) is 4.65. The van der Waals surface area contributed by atoms with Crippen molar-refractivity contribution in [3.63, 3.8) is 0 Å². The van der Waals surface area contributed by atoms with E-state index in [4.69, 9.17) is 5.11 Å². The first-order chi connectivity index (χ1) is 8.66. The number of aromatic nitrogens is 1. The molecule has 0 aliphatic carbocycles. The van der Waals surface area contributed by atoms with Gasteiger partial charge in [0.2, 0.25) is 0 Å². The molecule has 0 bridgehead atoms. The molecule has 0 atom stereocenters. The summed E-state index contributed by atoms with van der Waals surface area (Å²) in [6.07, 6.45) is 0.899. The fourth-order valence-corrected chi connectivity index (χ4v) is 2.80. The van der Waals surface area contributed by atoms with Gasteiger partial charge in [-0.05, 0) is 24.1 Å². The number of hydrogen-bond acceptors (Lipinski definition) is 2. The molecule has 0 radical (unpaired) electrons. The smallest absolute Gasteiger partial charge is 0.323 e. The lowest BCUT2D eigenvalue weighted by atomic mass is 10.1. The summed E-state index contributed by atoms with van der Waals surface area (Å²) in [4.78, 5) is 11.0. The Morgan fingerprint density at radius 1 is 1.47 bits per heavy atom. The number of fused-ring (bicyclic) bond motifs is 3. The second kappa shape index (κ2) is 5.23. The van der Waals surface area contributed by atoms with Crippen LogP contribution in [0.2, 0.25) is 0 Å². The van der Waals surface area contributed by atoms with Crippen LogP contribution in [0.1, 0.15) is 16.8 Å². The number of nitrogens with one attached hydrogen (secondary N) is 1. The number of halogens is 1. The van der Waals surface area contributed by atoms with Crippen molar-refractivity contribution >= 4 is 29.3 Å². The van der Waals surface area contributed by atoms with Crippen LogP contribution in [0.5, 0.6) is 0 Å². The summed E-state index contributed by atoms with van der Waals surface area (Å²) >= 11 is 0. The molecule has 19 heavy (non-hydrogen) atoms. The summed E-state index contributed by atoms with van der Waals surface area (Å²) in [6, 6.07) is 6.27. The molecule has 2 heterocycles. The summed E-state index contributed by atoms with van der Waals surface area (Å²) in [6.45, 7) is 3.84. The average Bonchev–Trinajstić information content (AvgIpc) is 2.63. The zero-order chi connectivity index (χ0) is 12.7. The summed E-state index contributed by atoms with van der Waals surface area (Å²) in [5.74, 6) is -0.783. The second-order valence-electron chi connectivity index (χ2n) is 4.85.